The van der Waals surface area contributed by atoms with Crippen LogP contribution in [0.25, 0.3) is 0 Å². The van der Waals surface area contributed by atoms with E-state index in [-0.39, 0.29) is 22.9 Å². The Balaban J connectivity index is 2.73. The third-order valence-electron chi connectivity index (χ3n) is 2.71. The molecule has 0 unspecified atom stereocenters. The number of nitrogens with one attached hydrogen (secondary N) is 2. The Hall–Kier alpha value is -1.12. The van der Waals surface area contributed by atoms with Crippen molar-refractivity contribution in [2.45, 2.75) is 26.3 Å². The van der Waals surface area contributed by atoms with Crippen LogP contribution in [-0.2, 0) is 16.6 Å². The van der Waals surface area contributed by atoms with Crippen molar-refractivity contribution in [3.05, 3.63) is 21.6 Å². The van der Waals surface area contributed by atoms with E-state index in [1.807, 2.05) is 6.92 Å². The Morgan fingerprint density at radius 3 is 2.75 bits per heavy atom. The van der Waals surface area contributed by atoms with Crippen LogP contribution in [-0.4, -0.2) is 37.5 Å². The lowest BCUT2D eigenvalue weighted by Gasteiger charge is -2.10. The first-order valence-corrected chi connectivity index (χ1v) is 8.35. The van der Waals surface area contributed by atoms with E-state index in [4.69, 9.17) is 11.6 Å². The molecular formula is C11H19ClN4O3S. The lowest BCUT2D eigenvalue weighted by molar-refractivity contribution is 0.543. The first-order valence-electron chi connectivity index (χ1n) is 6.32. The van der Waals surface area contributed by atoms with Gasteiger partial charge in [-0.15, -0.1) is 0 Å². The van der Waals surface area contributed by atoms with Crippen LogP contribution >= 0.6 is 11.6 Å². The third kappa shape index (κ3) is 4.77. The maximum absolute atomic E-state index is 11.9. The average Bonchev–Trinajstić information content (AvgIpc) is 2.42. The Morgan fingerprint density at radius 1 is 1.45 bits per heavy atom. The first kappa shape index (κ1) is 16.9. The molecule has 1 heterocycles. The molecule has 0 aliphatic rings. The van der Waals surface area contributed by atoms with Gasteiger partial charge in [0.15, 0.2) is 0 Å². The van der Waals surface area contributed by atoms with E-state index in [1.165, 1.54) is 17.9 Å². The van der Waals surface area contributed by atoms with Crippen molar-refractivity contribution in [2.75, 3.05) is 24.7 Å². The molecule has 0 spiro atoms. The Bertz CT molecular complexity index is 600. The van der Waals surface area contributed by atoms with Gasteiger partial charge >= 0.3 is 0 Å². The van der Waals surface area contributed by atoms with E-state index in [2.05, 4.69) is 15.1 Å². The van der Waals surface area contributed by atoms with Crippen LogP contribution < -0.4 is 15.6 Å². The van der Waals surface area contributed by atoms with Crippen LogP contribution in [0, 0.1) is 0 Å². The predicted octanol–water partition coefficient (Wildman–Crippen LogP) is 0.658. The molecule has 0 saturated carbocycles. The molecule has 0 fully saturated rings. The number of aryl methyl sites for hydroxylation is 1. The lowest BCUT2D eigenvalue weighted by atomic mass is 10.3. The summed E-state index contributed by atoms with van der Waals surface area (Å²) in [6.07, 6.45) is 3.23. The number of aromatic nitrogens is 2. The standard InChI is InChI=1S/C11H19ClN4O3S/c1-3-4-6-16-11(17)10(12)9(8-15-16)14-5-7-20(18,19)13-2/h8,13-14H,3-7H2,1-2H3. The number of hydrogen-bond donors (Lipinski definition) is 2. The lowest BCUT2D eigenvalue weighted by Crippen LogP contribution is -2.28. The van der Waals surface area contributed by atoms with Gasteiger partial charge in [0.25, 0.3) is 5.56 Å². The van der Waals surface area contributed by atoms with Crippen LogP contribution in [0.3, 0.4) is 0 Å². The molecule has 1 aromatic rings. The summed E-state index contributed by atoms with van der Waals surface area (Å²) in [6, 6.07) is 0. The van der Waals surface area contributed by atoms with Crippen molar-refractivity contribution >= 4 is 27.3 Å². The molecule has 0 radical (unpaired) electrons. The Labute approximate surface area is 123 Å². The summed E-state index contributed by atoms with van der Waals surface area (Å²) < 4.78 is 26.0. The molecule has 0 aliphatic heterocycles. The quantitative estimate of drug-likeness (QED) is 0.733. The fourth-order valence-corrected chi connectivity index (χ4v) is 2.27. The molecule has 1 aromatic heterocycles. The van der Waals surface area contributed by atoms with E-state index >= 15 is 0 Å². The predicted molar refractivity (Wildman–Crippen MR) is 79.8 cm³/mol. The SMILES string of the molecule is CCCCn1ncc(NCCS(=O)(=O)NC)c(Cl)c1=O. The Kier molecular flexibility index (Phi) is 6.44. The van der Waals surface area contributed by atoms with Gasteiger partial charge in [-0.25, -0.2) is 17.8 Å². The van der Waals surface area contributed by atoms with E-state index in [1.54, 1.807) is 0 Å². The first-order chi connectivity index (χ1) is 9.41. The normalized spacial score (nSPS) is 11.6. The van der Waals surface area contributed by atoms with Gasteiger partial charge in [0.05, 0.1) is 17.6 Å². The molecule has 7 nitrogen and oxygen atoms in total. The van der Waals surface area contributed by atoms with Crippen molar-refractivity contribution in [1.29, 1.82) is 0 Å². The zero-order valence-electron chi connectivity index (χ0n) is 11.5. The summed E-state index contributed by atoms with van der Waals surface area (Å²) in [5.41, 5.74) is -0.0303. The average molecular weight is 323 g/mol. The number of nitrogens with zero attached hydrogens (tertiary/aromatic N) is 2. The molecule has 0 aliphatic carbocycles. The monoisotopic (exact) mass is 322 g/mol. The summed E-state index contributed by atoms with van der Waals surface area (Å²) in [7, 11) is -1.95. The third-order valence-corrected chi connectivity index (χ3v) is 4.43. The molecule has 9 heteroatoms. The molecule has 0 amide bonds. The van der Waals surface area contributed by atoms with Gasteiger partial charge < -0.3 is 5.32 Å². The van der Waals surface area contributed by atoms with Crippen LogP contribution in [0.5, 0.6) is 0 Å². The fourth-order valence-electron chi connectivity index (χ4n) is 1.48. The number of sulfonamides is 1. The highest BCUT2D eigenvalue weighted by atomic mass is 35.5. The van der Waals surface area contributed by atoms with E-state index in [9.17, 15) is 13.2 Å². The van der Waals surface area contributed by atoms with E-state index in [0.29, 0.717) is 12.2 Å². The molecule has 0 saturated heterocycles. The van der Waals surface area contributed by atoms with Crippen molar-refractivity contribution in [3.63, 3.8) is 0 Å². The van der Waals surface area contributed by atoms with Crippen LogP contribution in [0.15, 0.2) is 11.0 Å². The van der Waals surface area contributed by atoms with Crippen LogP contribution in [0.2, 0.25) is 5.02 Å². The van der Waals surface area contributed by atoms with Gasteiger partial charge in [0, 0.05) is 13.1 Å². The maximum Gasteiger partial charge on any atom is 0.287 e. The highest BCUT2D eigenvalue weighted by Gasteiger charge is 2.10. The van der Waals surface area contributed by atoms with Crippen molar-refractivity contribution in [1.82, 2.24) is 14.5 Å². The molecule has 1 rings (SSSR count). The molecule has 0 atom stereocenters. The number of unbranched alkanes of at least 4 members (excludes halogenated alkanes) is 1. The van der Waals surface area contributed by atoms with Crippen LogP contribution in [0.4, 0.5) is 5.69 Å². The minimum Gasteiger partial charge on any atom is -0.381 e. The Morgan fingerprint density at radius 2 is 2.15 bits per heavy atom. The van der Waals surface area contributed by atoms with Gasteiger partial charge in [0.2, 0.25) is 10.0 Å². The van der Waals surface area contributed by atoms with Crippen LogP contribution in [0.1, 0.15) is 19.8 Å². The molecule has 0 aromatic carbocycles. The van der Waals surface area contributed by atoms with Crippen molar-refractivity contribution in [2.24, 2.45) is 0 Å². The largest absolute Gasteiger partial charge is 0.381 e. The number of hydrogen-bond acceptors (Lipinski definition) is 5. The smallest absolute Gasteiger partial charge is 0.287 e. The highest BCUT2D eigenvalue weighted by molar-refractivity contribution is 7.89. The number of halogens is 1. The second-order valence-corrected chi connectivity index (χ2v) is 6.63. The molecule has 0 bridgehead atoms. The summed E-state index contributed by atoms with van der Waals surface area (Å²) >= 11 is 5.96. The zero-order valence-corrected chi connectivity index (χ0v) is 13.1. The van der Waals surface area contributed by atoms with Gasteiger partial charge in [-0.3, -0.25) is 4.79 Å². The maximum atomic E-state index is 11.9. The van der Waals surface area contributed by atoms with Gasteiger partial charge in [-0.2, -0.15) is 5.10 Å². The summed E-state index contributed by atoms with van der Waals surface area (Å²) in [5.74, 6) is -0.112. The minimum atomic E-state index is -3.29. The fraction of sp³-hybridized carbons (Fsp3) is 0.636. The van der Waals surface area contributed by atoms with Crippen molar-refractivity contribution in [3.8, 4) is 0 Å². The second kappa shape index (κ2) is 7.61. The second-order valence-electron chi connectivity index (χ2n) is 4.20. The van der Waals surface area contributed by atoms with E-state index in [0.717, 1.165) is 12.8 Å². The molecule has 20 heavy (non-hydrogen) atoms. The van der Waals surface area contributed by atoms with Crippen molar-refractivity contribution < 1.29 is 8.42 Å². The van der Waals surface area contributed by atoms with E-state index < -0.39 is 10.0 Å². The van der Waals surface area contributed by atoms with Gasteiger partial charge in [-0.05, 0) is 13.5 Å². The number of anilines is 1. The topological polar surface area (TPSA) is 93.1 Å². The summed E-state index contributed by atoms with van der Waals surface area (Å²) in [5, 5.41) is 6.83. The van der Waals surface area contributed by atoms with Gasteiger partial charge in [-0.1, -0.05) is 24.9 Å². The minimum absolute atomic E-state index is 0.0259. The summed E-state index contributed by atoms with van der Waals surface area (Å²) in [6.45, 7) is 2.68. The zero-order chi connectivity index (χ0) is 15.2. The number of rotatable bonds is 8. The molecule has 2 N–H and O–H groups in total. The highest BCUT2D eigenvalue weighted by Crippen LogP contribution is 2.14. The molecular weight excluding hydrogens is 304 g/mol. The summed E-state index contributed by atoms with van der Waals surface area (Å²) in [4.78, 5) is 11.9. The molecule has 114 valence electrons. The van der Waals surface area contributed by atoms with Gasteiger partial charge in [0.1, 0.15) is 5.02 Å².